The molecule has 1 unspecified atom stereocenters. The molecule has 0 fully saturated rings. The minimum Gasteiger partial charge on any atom is -0.392 e. The SMILES string of the molecule is Cn1c2c(c3ccccc31)C(c1ccc(-c3ccccc3)cc1)C(C#N)=C(N)S2. The standard InChI is InChI=1S/C25H19N3S/c1-28-21-10-6-5-9-19(21)23-22(20(15-26)24(27)29-25(23)28)18-13-11-17(12-14-18)16-7-3-2-4-8-16/h2-14,22H,27H2,1H3. The second kappa shape index (κ2) is 6.88. The van der Waals surface area contributed by atoms with Crippen molar-refractivity contribution < 1.29 is 0 Å². The Labute approximate surface area is 174 Å². The zero-order valence-corrected chi connectivity index (χ0v) is 16.8. The summed E-state index contributed by atoms with van der Waals surface area (Å²) in [5, 5.41) is 12.8. The Morgan fingerprint density at radius 1 is 0.897 bits per heavy atom. The summed E-state index contributed by atoms with van der Waals surface area (Å²) in [6.45, 7) is 0. The third kappa shape index (κ3) is 2.74. The molecule has 0 spiro atoms. The molecule has 140 valence electrons. The summed E-state index contributed by atoms with van der Waals surface area (Å²) < 4.78 is 2.18. The van der Waals surface area contributed by atoms with E-state index in [1.54, 1.807) is 0 Å². The normalized spacial score (nSPS) is 15.9. The van der Waals surface area contributed by atoms with E-state index in [9.17, 15) is 5.26 Å². The highest BCUT2D eigenvalue weighted by Gasteiger charge is 2.33. The van der Waals surface area contributed by atoms with E-state index in [1.165, 1.54) is 28.3 Å². The van der Waals surface area contributed by atoms with Gasteiger partial charge in [0.1, 0.15) is 0 Å². The highest BCUT2D eigenvalue weighted by atomic mass is 32.2. The van der Waals surface area contributed by atoms with E-state index in [-0.39, 0.29) is 5.92 Å². The van der Waals surface area contributed by atoms with Crippen molar-refractivity contribution in [3.05, 3.63) is 101 Å². The van der Waals surface area contributed by atoms with Gasteiger partial charge in [-0.15, -0.1) is 0 Å². The Hall–Kier alpha value is -3.42. The molecule has 0 saturated heterocycles. The first kappa shape index (κ1) is 17.7. The number of thioether (sulfide) groups is 1. The molecule has 4 aromatic rings. The molecule has 0 saturated carbocycles. The highest BCUT2D eigenvalue weighted by molar-refractivity contribution is 8.03. The van der Waals surface area contributed by atoms with Crippen molar-refractivity contribution >= 4 is 22.7 Å². The third-order valence-electron chi connectivity index (χ3n) is 5.61. The van der Waals surface area contributed by atoms with Gasteiger partial charge in [0.15, 0.2) is 0 Å². The fraction of sp³-hybridized carbons (Fsp3) is 0.0800. The topological polar surface area (TPSA) is 54.7 Å². The van der Waals surface area contributed by atoms with Gasteiger partial charge >= 0.3 is 0 Å². The van der Waals surface area contributed by atoms with Crippen molar-refractivity contribution in [2.24, 2.45) is 12.8 Å². The second-order valence-electron chi connectivity index (χ2n) is 7.21. The maximum Gasteiger partial charge on any atom is 0.0984 e. The molecule has 1 atom stereocenters. The van der Waals surface area contributed by atoms with E-state index in [1.807, 2.05) is 24.3 Å². The van der Waals surface area contributed by atoms with Gasteiger partial charge in [-0.2, -0.15) is 5.26 Å². The van der Waals surface area contributed by atoms with Gasteiger partial charge in [0, 0.05) is 29.4 Å². The maximum absolute atomic E-state index is 9.92. The molecule has 2 heterocycles. The summed E-state index contributed by atoms with van der Waals surface area (Å²) in [4.78, 5) is 0. The molecule has 0 aliphatic carbocycles. The van der Waals surface area contributed by atoms with Crippen molar-refractivity contribution in [3.63, 3.8) is 0 Å². The Bertz CT molecular complexity index is 1290. The maximum atomic E-state index is 9.92. The summed E-state index contributed by atoms with van der Waals surface area (Å²) in [6.07, 6.45) is 0. The van der Waals surface area contributed by atoms with E-state index < -0.39 is 0 Å². The minimum absolute atomic E-state index is 0.160. The van der Waals surface area contributed by atoms with Crippen LogP contribution in [-0.4, -0.2) is 4.57 Å². The molecular formula is C25H19N3S. The number of hydrogen-bond donors (Lipinski definition) is 1. The molecule has 1 aliphatic rings. The Balaban J connectivity index is 1.70. The lowest BCUT2D eigenvalue weighted by Crippen LogP contribution is -2.15. The van der Waals surface area contributed by atoms with Crippen LogP contribution in [0.25, 0.3) is 22.0 Å². The van der Waals surface area contributed by atoms with E-state index in [4.69, 9.17) is 5.73 Å². The Morgan fingerprint density at radius 2 is 1.55 bits per heavy atom. The van der Waals surface area contributed by atoms with Gasteiger partial charge < -0.3 is 10.3 Å². The first-order valence-corrected chi connectivity index (χ1v) is 10.3. The number of para-hydroxylation sites is 1. The molecule has 5 rings (SSSR count). The zero-order chi connectivity index (χ0) is 20.0. The zero-order valence-electron chi connectivity index (χ0n) is 16.0. The number of nitrogens with zero attached hydrogens (tertiary/aromatic N) is 2. The summed E-state index contributed by atoms with van der Waals surface area (Å²) in [6, 6.07) is 29.6. The lowest BCUT2D eigenvalue weighted by Gasteiger charge is -2.25. The number of nitrogens with two attached hydrogens (primary N) is 1. The summed E-state index contributed by atoms with van der Waals surface area (Å²) in [7, 11) is 2.06. The van der Waals surface area contributed by atoms with Crippen LogP contribution in [0.2, 0.25) is 0 Å². The number of benzene rings is 3. The van der Waals surface area contributed by atoms with Gasteiger partial charge in [0.2, 0.25) is 0 Å². The number of aryl methyl sites for hydroxylation is 1. The van der Waals surface area contributed by atoms with Gasteiger partial charge in [-0.1, -0.05) is 84.6 Å². The van der Waals surface area contributed by atoms with Gasteiger partial charge in [-0.25, -0.2) is 0 Å². The van der Waals surface area contributed by atoms with Crippen LogP contribution >= 0.6 is 11.8 Å². The quantitative estimate of drug-likeness (QED) is 0.470. The van der Waals surface area contributed by atoms with E-state index in [0.717, 1.165) is 21.7 Å². The molecule has 1 aromatic heterocycles. The third-order valence-corrected chi connectivity index (χ3v) is 6.74. The lowest BCUT2D eigenvalue weighted by molar-refractivity contribution is 0.813. The molecule has 29 heavy (non-hydrogen) atoms. The predicted octanol–water partition coefficient (Wildman–Crippen LogP) is 5.78. The Kier molecular flexibility index (Phi) is 4.19. The fourth-order valence-electron chi connectivity index (χ4n) is 4.20. The second-order valence-corrected chi connectivity index (χ2v) is 8.24. The average Bonchev–Trinajstić information content (AvgIpc) is 3.05. The molecule has 1 aliphatic heterocycles. The molecule has 2 N–H and O–H groups in total. The summed E-state index contributed by atoms with van der Waals surface area (Å²) >= 11 is 1.49. The molecule has 4 heteroatoms. The Morgan fingerprint density at radius 3 is 2.28 bits per heavy atom. The van der Waals surface area contributed by atoms with Crippen molar-refractivity contribution in [2.75, 3.05) is 0 Å². The van der Waals surface area contributed by atoms with E-state index in [0.29, 0.717) is 10.6 Å². The van der Waals surface area contributed by atoms with Crippen molar-refractivity contribution in [2.45, 2.75) is 10.9 Å². The highest BCUT2D eigenvalue weighted by Crippen LogP contribution is 2.49. The number of nitriles is 1. The van der Waals surface area contributed by atoms with Gasteiger partial charge in [0.25, 0.3) is 0 Å². The first-order valence-electron chi connectivity index (χ1n) is 9.49. The van der Waals surface area contributed by atoms with E-state index >= 15 is 0 Å². The predicted molar refractivity (Wildman–Crippen MR) is 119 cm³/mol. The fourth-order valence-corrected chi connectivity index (χ4v) is 5.25. The monoisotopic (exact) mass is 393 g/mol. The van der Waals surface area contributed by atoms with Crippen LogP contribution in [0, 0.1) is 11.3 Å². The van der Waals surface area contributed by atoms with Crippen LogP contribution in [0.3, 0.4) is 0 Å². The number of hydrogen-bond acceptors (Lipinski definition) is 3. The van der Waals surface area contributed by atoms with Crippen LogP contribution in [0.1, 0.15) is 17.0 Å². The first-order chi connectivity index (χ1) is 14.2. The van der Waals surface area contributed by atoms with Crippen LogP contribution in [0.5, 0.6) is 0 Å². The largest absolute Gasteiger partial charge is 0.392 e. The summed E-state index contributed by atoms with van der Waals surface area (Å²) in [5.74, 6) is -0.160. The summed E-state index contributed by atoms with van der Waals surface area (Å²) in [5.41, 5.74) is 12.7. The molecule has 3 nitrogen and oxygen atoms in total. The average molecular weight is 394 g/mol. The lowest BCUT2D eigenvalue weighted by atomic mass is 9.84. The van der Waals surface area contributed by atoms with Gasteiger partial charge in [0.05, 0.1) is 21.7 Å². The molecule has 0 radical (unpaired) electrons. The van der Waals surface area contributed by atoms with Crippen molar-refractivity contribution in [1.82, 2.24) is 4.57 Å². The van der Waals surface area contributed by atoms with Crippen LogP contribution in [0.4, 0.5) is 0 Å². The number of fused-ring (bicyclic) bond motifs is 3. The molecule has 0 amide bonds. The number of rotatable bonds is 2. The van der Waals surface area contributed by atoms with Crippen molar-refractivity contribution in [1.29, 1.82) is 5.26 Å². The molecule has 0 bridgehead atoms. The van der Waals surface area contributed by atoms with Crippen LogP contribution in [-0.2, 0) is 7.05 Å². The van der Waals surface area contributed by atoms with Gasteiger partial charge in [-0.3, -0.25) is 0 Å². The number of aromatic nitrogens is 1. The van der Waals surface area contributed by atoms with Crippen molar-refractivity contribution in [3.8, 4) is 17.2 Å². The smallest absolute Gasteiger partial charge is 0.0984 e. The van der Waals surface area contributed by atoms with Gasteiger partial charge in [-0.05, 0) is 22.8 Å². The molecular weight excluding hydrogens is 374 g/mol. The van der Waals surface area contributed by atoms with Crippen LogP contribution in [0.15, 0.2) is 94.5 Å². The number of allylic oxidation sites excluding steroid dienone is 1. The molecule has 3 aromatic carbocycles. The van der Waals surface area contributed by atoms with Crippen LogP contribution < -0.4 is 5.73 Å². The van der Waals surface area contributed by atoms with E-state index in [2.05, 4.69) is 72.3 Å². The minimum atomic E-state index is -0.160.